The highest BCUT2D eigenvalue weighted by atomic mass is 16.5. The normalized spacial score (nSPS) is 9.94. The van der Waals surface area contributed by atoms with E-state index in [1.807, 2.05) is 24.3 Å². The lowest BCUT2D eigenvalue weighted by Gasteiger charge is -2.07. The van der Waals surface area contributed by atoms with Gasteiger partial charge in [0.05, 0.1) is 19.0 Å². The molecule has 1 aromatic carbocycles. The van der Waals surface area contributed by atoms with Crippen molar-refractivity contribution in [1.82, 2.24) is 0 Å². The molecule has 0 aromatic heterocycles. The van der Waals surface area contributed by atoms with Crippen LogP contribution in [0.3, 0.4) is 0 Å². The summed E-state index contributed by atoms with van der Waals surface area (Å²) >= 11 is 0. The topological polar surface area (TPSA) is 68.3 Å². The predicted octanol–water partition coefficient (Wildman–Crippen LogP) is 2.57. The molecule has 0 aliphatic carbocycles. The van der Waals surface area contributed by atoms with E-state index in [0.717, 1.165) is 30.9 Å². The molecular formula is C13H20N2O2. The van der Waals surface area contributed by atoms with Crippen LogP contribution >= 0.6 is 0 Å². The Morgan fingerprint density at radius 3 is 2.12 bits per heavy atom. The van der Waals surface area contributed by atoms with Gasteiger partial charge in [-0.05, 0) is 37.1 Å². The van der Waals surface area contributed by atoms with Crippen LogP contribution in [-0.4, -0.2) is 19.0 Å². The number of nitrogens with one attached hydrogen (secondary N) is 1. The third-order valence-electron chi connectivity index (χ3n) is 2.16. The number of hydrogen-bond donors (Lipinski definition) is 2. The lowest BCUT2D eigenvalue weighted by atomic mass is 10.3. The monoisotopic (exact) mass is 236 g/mol. The van der Waals surface area contributed by atoms with Gasteiger partial charge in [-0.25, -0.2) is 0 Å². The first kappa shape index (κ1) is 13.4. The molecule has 0 bridgehead atoms. The van der Waals surface area contributed by atoms with Gasteiger partial charge in [-0.1, -0.05) is 6.92 Å². The Bertz CT molecular complexity index is 336. The van der Waals surface area contributed by atoms with E-state index in [-0.39, 0.29) is 5.84 Å². The minimum Gasteiger partial charge on any atom is -0.494 e. The fourth-order valence-corrected chi connectivity index (χ4v) is 1.30. The molecule has 17 heavy (non-hydrogen) atoms. The standard InChI is InChI=1S/C13H20N2O2/c1-2-9-16-11-5-7-12(8-6-11)17-10-3-4-13(14)15/h5-8H,2-4,9-10H2,1H3,(H3,14,15). The van der Waals surface area contributed by atoms with E-state index < -0.39 is 0 Å². The average Bonchev–Trinajstić information content (AvgIpc) is 2.33. The molecule has 1 aromatic rings. The number of benzene rings is 1. The molecule has 0 spiro atoms. The van der Waals surface area contributed by atoms with Crippen LogP contribution < -0.4 is 15.2 Å². The number of hydrogen-bond acceptors (Lipinski definition) is 3. The van der Waals surface area contributed by atoms with Crippen molar-refractivity contribution in [3.05, 3.63) is 24.3 Å². The van der Waals surface area contributed by atoms with Crippen LogP contribution in [-0.2, 0) is 0 Å². The molecule has 0 aliphatic heterocycles. The SMILES string of the molecule is CCCOc1ccc(OCCCC(=N)N)cc1. The van der Waals surface area contributed by atoms with Crippen molar-refractivity contribution in [1.29, 1.82) is 5.41 Å². The quantitative estimate of drug-likeness (QED) is 0.414. The summed E-state index contributed by atoms with van der Waals surface area (Å²) in [6, 6.07) is 7.57. The lowest BCUT2D eigenvalue weighted by Crippen LogP contribution is -2.10. The van der Waals surface area contributed by atoms with Gasteiger partial charge in [0.2, 0.25) is 0 Å². The van der Waals surface area contributed by atoms with Crippen molar-refractivity contribution >= 4 is 5.84 Å². The zero-order chi connectivity index (χ0) is 12.5. The molecule has 0 aliphatic rings. The van der Waals surface area contributed by atoms with Crippen molar-refractivity contribution < 1.29 is 9.47 Å². The maximum absolute atomic E-state index is 7.08. The summed E-state index contributed by atoms with van der Waals surface area (Å²) < 4.78 is 11.0. The van der Waals surface area contributed by atoms with Gasteiger partial charge in [-0.3, -0.25) is 5.41 Å². The minimum atomic E-state index is 0.205. The molecule has 3 N–H and O–H groups in total. The molecule has 0 saturated carbocycles. The highest BCUT2D eigenvalue weighted by Crippen LogP contribution is 2.17. The van der Waals surface area contributed by atoms with Crippen LogP contribution in [0.1, 0.15) is 26.2 Å². The van der Waals surface area contributed by atoms with Crippen LogP contribution in [0, 0.1) is 5.41 Å². The van der Waals surface area contributed by atoms with Gasteiger partial charge in [-0.2, -0.15) is 0 Å². The van der Waals surface area contributed by atoms with Crippen molar-refractivity contribution in [3.8, 4) is 11.5 Å². The van der Waals surface area contributed by atoms with Gasteiger partial charge in [0.15, 0.2) is 0 Å². The van der Waals surface area contributed by atoms with E-state index in [2.05, 4.69) is 6.92 Å². The molecular weight excluding hydrogens is 216 g/mol. The number of rotatable bonds is 8. The van der Waals surface area contributed by atoms with Gasteiger partial charge in [-0.15, -0.1) is 0 Å². The Morgan fingerprint density at radius 1 is 1.12 bits per heavy atom. The van der Waals surface area contributed by atoms with E-state index >= 15 is 0 Å². The van der Waals surface area contributed by atoms with E-state index in [1.165, 1.54) is 0 Å². The number of ether oxygens (including phenoxy) is 2. The van der Waals surface area contributed by atoms with Gasteiger partial charge < -0.3 is 15.2 Å². The second-order valence-corrected chi connectivity index (χ2v) is 3.80. The summed E-state index contributed by atoms with van der Waals surface area (Å²) in [5.41, 5.74) is 5.25. The first-order chi connectivity index (χ1) is 8.22. The second-order valence-electron chi connectivity index (χ2n) is 3.80. The van der Waals surface area contributed by atoms with Crippen molar-refractivity contribution in [2.45, 2.75) is 26.2 Å². The fraction of sp³-hybridized carbons (Fsp3) is 0.462. The maximum atomic E-state index is 7.08. The summed E-state index contributed by atoms with van der Waals surface area (Å²) in [4.78, 5) is 0. The van der Waals surface area contributed by atoms with Gasteiger partial charge in [0.1, 0.15) is 11.5 Å². The summed E-state index contributed by atoms with van der Waals surface area (Å²) in [6.07, 6.45) is 2.35. The maximum Gasteiger partial charge on any atom is 0.119 e. The average molecular weight is 236 g/mol. The van der Waals surface area contributed by atoms with Crippen LogP contribution in [0.4, 0.5) is 0 Å². The molecule has 94 valence electrons. The second kappa shape index (κ2) is 7.54. The largest absolute Gasteiger partial charge is 0.494 e. The Hall–Kier alpha value is -1.71. The van der Waals surface area contributed by atoms with E-state index in [1.54, 1.807) is 0 Å². The molecule has 4 heteroatoms. The summed E-state index contributed by atoms with van der Waals surface area (Å²) in [5, 5.41) is 7.08. The third kappa shape index (κ3) is 5.80. The van der Waals surface area contributed by atoms with Crippen LogP contribution in [0.15, 0.2) is 24.3 Å². The summed E-state index contributed by atoms with van der Waals surface area (Å²) in [5.74, 6) is 1.89. The molecule has 0 saturated heterocycles. The molecule has 0 amide bonds. The Kier molecular flexibility index (Phi) is 5.93. The van der Waals surface area contributed by atoms with Crippen molar-refractivity contribution in [2.75, 3.05) is 13.2 Å². The molecule has 0 radical (unpaired) electrons. The molecule has 0 heterocycles. The molecule has 1 rings (SSSR count). The molecule has 0 unspecified atom stereocenters. The zero-order valence-electron chi connectivity index (χ0n) is 10.2. The van der Waals surface area contributed by atoms with Crippen molar-refractivity contribution in [3.63, 3.8) is 0 Å². The lowest BCUT2D eigenvalue weighted by molar-refractivity contribution is 0.306. The highest BCUT2D eigenvalue weighted by molar-refractivity contribution is 5.76. The van der Waals surface area contributed by atoms with E-state index in [4.69, 9.17) is 20.6 Å². The van der Waals surface area contributed by atoms with Crippen molar-refractivity contribution in [2.24, 2.45) is 5.73 Å². The number of nitrogens with two attached hydrogens (primary N) is 1. The summed E-state index contributed by atoms with van der Waals surface area (Å²) in [7, 11) is 0. The first-order valence-electron chi connectivity index (χ1n) is 5.91. The molecule has 4 nitrogen and oxygen atoms in total. The van der Waals surface area contributed by atoms with Crippen LogP contribution in [0.2, 0.25) is 0 Å². The summed E-state index contributed by atoms with van der Waals surface area (Å²) in [6.45, 7) is 3.39. The van der Waals surface area contributed by atoms with Gasteiger partial charge in [0, 0.05) is 6.42 Å². The zero-order valence-corrected chi connectivity index (χ0v) is 10.2. The molecule has 0 atom stereocenters. The smallest absolute Gasteiger partial charge is 0.119 e. The van der Waals surface area contributed by atoms with Gasteiger partial charge in [0.25, 0.3) is 0 Å². The Balaban J connectivity index is 2.27. The highest BCUT2D eigenvalue weighted by Gasteiger charge is 1.97. The Labute approximate surface area is 102 Å². The van der Waals surface area contributed by atoms with E-state index in [9.17, 15) is 0 Å². The van der Waals surface area contributed by atoms with Crippen LogP contribution in [0.25, 0.3) is 0 Å². The van der Waals surface area contributed by atoms with Gasteiger partial charge >= 0.3 is 0 Å². The minimum absolute atomic E-state index is 0.205. The molecule has 0 fully saturated rings. The fourth-order valence-electron chi connectivity index (χ4n) is 1.30. The van der Waals surface area contributed by atoms with E-state index in [0.29, 0.717) is 13.0 Å². The Morgan fingerprint density at radius 2 is 1.65 bits per heavy atom. The predicted molar refractivity (Wildman–Crippen MR) is 68.9 cm³/mol. The first-order valence-corrected chi connectivity index (χ1v) is 5.91. The number of amidine groups is 1. The third-order valence-corrected chi connectivity index (χ3v) is 2.16. The van der Waals surface area contributed by atoms with Crippen LogP contribution in [0.5, 0.6) is 11.5 Å².